The first kappa shape index (κ1) is 22.4. The van der Waals surface area contributed by atoms with E-state index in [2.05, 4.69) is 25.5 Å². The van der Waals surface area contributed by atoms with Gasteiger partial charge in [0, 0.05) is 42.2 Å². The monoisotopic (exact) mass is 444 g/mol. The number of fused-ring (bicyclic) bond motifs is 3. The van der Waals surface area contributed by atoms with Gasteiger partial charge in [0.25, 0.3) is 5.91 Å². The van der Waals surface area contributed by atoms with Crippen LogP contribution < -0.4 is 10.6 Å². The first-order chi connectivity index (χ1) is 15.9. The highest BCUT2D eigenvalue weighted by Gasteiger charge is 2.20. The number of rotatable bonds is 7. The Balaban J connectivity index is 1.48. The van der Waals surface area contributed by atoms with E-state index in [1.165, 1.54) is 0 Å². The summed E-state index contributed by atoms with van der Waals surface area (Å²) in [5.74, 6) is 0.339. The van der Waals surface area contributed by atoms with E-state index in [1.54, 1.807) is 23.2 Å². The summed E-state index contributed by atoms with van der Waals surface area (Å²) in [6.07, 6.45) is 2.84. The molecule has 33 heavy (non-hydrogen) atoms. The Morgan fingerprint density at radius 1 is 1.06 bits per heavy atom. The molecule has 0 fully saturated rings. The van der Waals surface area contributed by atoms with Crippen molar-refractivity contribution in [3.63, 3.8) is 0 Å². The van der Waals surface area contributed by atoms with Gasteiger partial charge in [0.1, 0.15) is 0 Å². The maximum atomic E-state index is 12.7. The standard InChI is InChI=1S/C25H28N6O2/c1-30(2)13-6-14-31(3)24(33)17-9-11-19(12-10-17)27-25-26-16-18-15-22(32)28-21-8-5-4-7-20(21)23(18)29-25/h4-5,7-12,16H,6,13-15H2,1-3H3,(H,28,32)(H,26,27,29). The number of anilines is 3. The molecule has 0 spiro atoms. The fraction of sp³-hybridized carbons (Fsp3) is 0.280. The summed E-state index contributed by atoms with van der Waals surface area (Å²) in [4.78, 5) is 37.8. The Bertz CT molecular complexity index is 1160. The van der Waals surface area contributed by atoms with Crippen molar-refractivity contribution in [2.75, 3.05) is 44.9 Å². The number of nitrogens with zero attached hydrogens (tertiary/aromatic N) is 4. The highest BCUT2D eigenvalue weighted by atomic mass is 16.2. The average Bonchev–Trinajstić information content (AvgIpc) is 2.94. The normalized spacial score (nSPS) is 12.4. The lowest BCUT2D eigenvalue weighted by atomic mass is 10.1. The summed E-state index contributed by atoms with van der Waals surface area (Å²) in [7, 11) is 5.87. The molecule has 0 unspecified atom stereocenters. The van der Waals surface area contributed by atoms with Crippen LogP contribution in [0.25, 0.3) is 11.3 Å². The average molecular weight is 445 g/mol. The molecule has 1 aliphatic heterocycles. The van der Waals surface area contributed by atoms with Gasteiger partial charge >= 0.3 is 0 Å². The van der Waals surface area contributed by atoms with Gasteiger partial charge < -0.3 is 20.4 Å². The molecule has 8 nitrogen and oxygen atoms in total. The van der Waals surface area contributed by atoms with Crippen molar-refractivity contribution in [2.45, 2.75) is 12.8 Å². The van der Waals surface area contributed by atoms with E-state index in [0.717, 1.165) is 41.2 Å². The van der Waals surface area contributed by atoms with Gasteiger partial charge in [-0.3, -0.25) is 9.59 Å². The Morgan fingerprint density at radius 3 is 2.58 bits per heavy atom. The van der Waals surface area contributed by atoms with Gasteiger partial charge in [-0.05, 0) is 57.4 Å². The van der Waals surface area contributed by atoms with Crippen LogP contribution in [0.1, 0.15) is 22.3 Å². The minimum Gasteiger partial charge on any atom is -0.342 e. The SMILES string of the molecule is CN(C)CCCN(C)C(=O)c1ccc(Nc2ncc3c(n2)-c2ccccc2NC(=O)C3)cc1. The number of carbonyl (C=O) groups is 2. The molecule has 8 heteroatoms. The Kier molecular flexibility index (Phi) is 6.65. The largest absolute Gasteiger partial charge is 0.342 e. The molecule has 0 atom stereocenters. The van der Waals surface area contributed by atoms with E-state index in [9.17, 15) is 9.59 Å². The summed E-state index contributed by atoms with van der Waals surface area (Å²) >= 11 is 0. The molecule has 170 valence electrons. The van der Waals surface area contributed by atoms with Crippen molar-refractivity contribution in [1.82, 2.24) is 19.8 Å². The lowest BCUT2D eigenvalue weighted by molar-refractivity contribution is -0.115. The van der Waals surface area contributed by atoms with Crippen molar-refractivity contribution in [1.29, 1.82) is 0 Å². The number of nitrogens with one attached hydrogen (secondary N) is 2. The molecule has 4 rings (SSSR count). The number of amides is 2. The van der Waals surface area contributed by atoms with E-state index in [0.29, 0.717) is 18.1 Å². The van der Waals surface area contributed by atoms with Gasteiger partial charge in [0.05, 0.1) is 17.8 Å². The minimum absolute atomic E-state index is 0.00430. The third kappa shape index (κ3) is 5.35. The van der Waals surface area contributed by atoms with Crippen molar-refractivity contribution < 1.29 is 9.59 Å². The molecule has 2 N–H and O–H groups in total. The van der Waals surface area contributed by atoms with Gasteiger partial charge in [0.15, 0.2) is 0 Å². The molecule has 2 aromatic carbocycles. The van der Waals surface area contributed by atoms with Gasteiger partial charge in [-0.15, -0.1) is 0 Å². The number of hydrogen-bond donors (Lipinski definition) is 2. The molecule has 2 amide bonds. The molecule has 0 saturated carbocycles. The van der Waals surface area contributed by atoms with Crippen molar-refractivity contribution >= 4 is 29.1 Å². The highest BCUT2D eigenvalue weighted by Crippen LogP contribution is 2.32. The molecule has 0 aliphatic carbocycles. The van der Waals surface area contributed by atoms with Crippen LogP contribution in [0.3, 0.4) is 0 Å². The Morgan fingerprint density at radius 2 is 1.82 bits per heavy atom. The number of para-hydroxylation sites is 1. The van der Waals surface area contributed by atoms with E-state index in [4.69, 9.17) is 0 Å². The second-order valence-corrected chi connectivity index (χ2v) is 8.42. The maximum absolute atomic E-state index is 12.7. The van der Waals surface area contributed by atoms with Crippen molar-refractivity contribution in [2.24, 2.45) is 0 Å². The zero-order chi connectivity index (χ0) is 23.4. The van der Waals surface area contributed by atoms with Crippen LogP contribution in [-0.4, -0.2) is 65.8 Å². The fourth-order valence-electron chi connectivity index (χ4n) is 3.77. The molecule has 1 aromatic heterocycles. The summed E-state index contributed by atoms with van der Waals surface area (Å²) in [5.41, 5.74) is 4.52. The molecule has 1 aliphatic rings. The first-order valence-corrected chi connectivity index (χ1v) is 10.9. The van der Waals surface area contributed by atoms with E-state index in [-0.39, 0.29) is 18.2 Å². The quantitative estimate of drug-likeness (QED) is 0.581. The van der Waals surface area contributed by atoms with Crippen LogP contribution in [0.4, 0.5) is 17.3 Å². The second kappa shape index (κ2) is 9.79. The van der Waals surface area contributed by atoms with Crippen LogP contribution in [0.2, 0.25) is 0 Å². The zero-order valence-electron chi connectivity index (χ0n) is 19.1. The molecule has 0 radical (unpaired) electrons. The summed E-state index contributed by atoms with van der Waals surface area (Å²) in [5, 5.41) is 6.12. The fourth-order valence-corrected chi connectivity index (χ4v) is 3.77. The number of benzene rings is 2. The van der Waals surface area contributed by atoms with Crippen LogP contribution in [-0.2, 0) is 11.2 Å². The maximum Gasteiger partial charge on any atom is 0.253 e. The van der Waals surface area contributed by atoms with Gasteiger partial charge in [0.2, 0.25) is 11.9 Å². The lowest BCUT2D eigenvalue weighted by Gasteiger charge is -2.18. The molecular formula is C25H28N6O2. The van der Waals surface area contributed by atoms with Crippen molar-refractivity contribution in [3.8, 4) is 11.3 Å². The lowest BCUT2D eigenvalue weighted by Crippen LogP contribution is -2.29. The predicted octanol–water partition coefficient (Wildman–Crippen LogP) is 3.41. The van der Waals surface area contributed by atoms with E-state index < -0.39 is 0 Å². The zero-order valence-corrected chi connectivity index (χ0v) is 19.1. The van der Waals surface area contributed by atoms with Crippen molar-refractivity contribution in [3.05, 3.63) is 65.9 Å². The van der Waals surface area contributed by atoms with Crippen LogP contribution in [0.5, 0.6) is 0 Å². The molecule has 3 aromatic rings. The van der Waals surface area contributed by atoms with E-state index >= 15 is 0 Å². The van der Waals surface area contributed by atoms with Crippen LogP contribution >= 0.6 is 0 Å². The summed E-state index contributed by atoms with van der Waals surface area (Å²) < 4.78 is 0. The summed E-state index contributed by atoms with van der Waals surface area (Å²) in [6.45, 7) is 1.65. The molecular weight excluding hydrogens is 416 g/mol. The molecule has 0 bridgehead atoms. The molecule has 0 saturated heterocycles. The number of hydrogen-bond acceptors (Lipinski definition) is 6. The predicted molar refractivity (Wildman–Crippen MR) is 130 cm³/mol. The van der Waals surface area contributed by atoms with E-state index in [1.807, 2.05) is 57.5 Å². The smallest absolute Gasteiger partial charge is 0.253 e. The van der Waals surface area contributed by atoms with Gasteiger partial charge in [-0.1, -0.05) is 18.2 Å². The van der Waals surface area contributed by atoms with Crippen LogP contribution in [0, 0.1) is 0 Å². The third-order valence-electron chi connectivity index (χ3n) is 5.51. The topological polar surface area (TPSA) is 90.5 Å². The minimum atomic E-state index is -0.0857. The Labute approximate surface area is 193 Å². The number of aromatic nitrogens is 2. The second-order valence-electron chi connectivity index (χ2n) is 8.42. The summed E-state index contributed by atoms with van der Waals surface area (Å²) in [6, 6.07) is 14.9. The van der Waals surface area contributed by atoms with Gasteiger partial charge in [-0.2, -0.15) is 0 Å². The third-order valence-corrected chi connectivity index (χ3v) is 5.51. The first-order valence-electron chi connectivity index (χ1n) is 10.9. The Hall–Kier alpha value is -3.78. The van der Waals surface area contributed by atoms with Gasteiger partial charge in [-0.25, -0.2) is 9.97 Å². The van der Waals surface area contributed by atoms with Crippen LogP contribution in [0.15, 0.2) is 54.7 Å². The molecule has 2 heterocycles. The highest BCUT2D eigenvalue weighted by molar-refractivity contribution is 6.00. The number of carbonyl (C=O) groups excluding carboxylic acids is 2.